The van der Waals surface area contributed by atoms with Crippen LogP contribution in [0.4, 0.5) is 5.82 Å². The van der Waals surface area contributed by atoms with Crippen LogP contribution in [-0.4, -0.2) is 35.5 Å². The third-order valence-electron chi connectivity index (χ3n) is 2.37. The van der Waals surface area contributed by atoms with E-state index in [9.17, 15) is 4.79 Å². The van der Waals surface area contributed by atoms with Crippen molar-refractivity contribution in [3.05, 3.63) is 23.4 Å². The van der Waals surface area contributed by atoms with Crippen LogP contribution in [0.2, 0.25) is 0 Å². The van der Waals surface area contributed by atoms with Gasteiger partial charge in [-0.25, -0.2) is 4.98 Å². The monoisotopic (exact) mass is 267 g/mol. The van der Waals surface area contributed by atoms with E-state index in [1.54, 1.807) is 17.8 Å². The maximum absolute atomic E-state index is 12.1. The third-order valence-corrected chi connectivity index (χ3v) is 3.20. The van der Waals surface area contributed by atoms with Crippen molar-refractivity contribution in [3.8, 4) is 0 Å². The number of carbonyl (C=O) groups is 1. The fourth-order valence-electron chi connectivity index (χ4n) is 1.67. The van der Waals surface area contributed by atoms with Gasteiger partial charge in [0.2, 0.25) is 0 Å². The molecule has 0 fully saturated rings. The second kappa shape index (κ2) is 7.26. The van der Waals surface area contributed by atoms with Crippen molar-refractivity contribution in [2.75, 3.05) is 23.9 Å². The summed E-state index contributed by atoms with van der Waals surface area (Å²) in [5.41, 5.74) is 1.50. The Labute approximate surface area is 113 Å². The number of anilines is 1. The molecule has 1 aromatic rings. The molecule has 100 valence electrons. The zero-order valence-corrected chi connectivity index (χ0v) is 12.2. The number of pyridine rings is 1. The van der Waals surface area contributed by atoms with E-state index in [1.165, 1.54) is 0 Å². The smallest absolute Gasteiger partial charge is 0.251 e. The molecule has 0 aliphatic rings. The molecule has 0 saturated carbocycles. The molecule has 0 aliphatic carbocycles. The van der Waals surface area contributed by atoms with E-state index in [1.807, 2.05) is 33.1 Å². The van der Waals surface area contributed by atoms with Crippen LogP contribution in [0.1, 0.15) is 29.9 Å². The fourth-order valence-corrected chi connectivity index (χ4v) is 2.25. The second-order valence-corrected chi connectivity index (χ2v) is 5.15. The lowest BCUT2D eigenvalue weighted by atomic mass is 10.2. The van der Waals surface area contributed by atoms with Crippen LogP contribution in [0, 0.1) is 6.92 Å². The van der Waals surface area contributed by atoms with E-state index in [-0.39, 0.29) is 11.9 Å². The van der Waals surface area contributed by atoms with Crippen LogP contribution < -0.4 is 10.6 Å². The fraction of sp³-hybridized carbons (Fsp3) is 0.538. The molecule has 1 rings (SSSR count). The first-order chi connectivity index (χ1) is 8.56. The van der Waals surface area contributed by atoms with Crippen molar-refractivity contribution in [2.45, 2.75) is 26.8 Å². The molecule has 1 aromatic heterocycles. The van der Waals surface area contributed by atoms with Crippen molar-refractivity contribution in [3.63, 3.8) is 0 Å². The van der Waals surface area contributed by atoms with E-state index in [4.69, 9.17) is 0 Å². The first-order valence-corrected chi connectivity index (χ1v) is 7.48. The number of thioether (sulfide) groups is 1. The van der Waals surface area contributed by atoms with Gasteiger partial charge in [-0.05, 0) is 39.2 Å². The Morgan fingerprint density at radius 2 is 2.22 bits per heavy atom. The zero-order valence-electron chi connectivity index (χ0n) is 11.4. The van der Waals surface area contributed by atoms with Crippen LogP contribution in [0.5, 0.6) is 0 Å². The molecule has 1 amide bonds. The first kappa shape index (κ1) is 14.8. The van der Waals surface area contributed by atoms with Crippen molar-refractivity contribution in [1.82, 2.24) is 10.3 Å². The number of aryl methyl sites for hydroxylation is 1. The summed E-state index contributed by atoms with van der Waals surface area (Å²) in [6.45, 7) is 6.70. The van der Waals surface area contributed by atoms with Gasteiger partial charge in [-0.15, -0.1) is 0 Å². The number of hydrogen-bond acceptors (Lipinski definition) is 4. The van der Waals surface area contributed by atoms with Crippen LogP contribution in [0.15, 0.2) is 12.1 Å². The van der Waals surface area contributed by atoms with Gasteiger partial charge in [-0.3, -0.25) is 4.79 Å². The Hall–Kier alpha value is -1.23. The van der Waals surface area contributed by atoms with Crippen molar-refractivity contribution >= 4 is 23.5 Å². The van der Waals surface area contributed by atoms with Gasteiger partial charge in [0.25, 0.3) is 5.91 Å². The maximum atomic E-state index is 12.1. The minimum Gasteiger partial charge on any atom is -0.370 e. The number of carbonyl (C=O) groups excluding carboxylic acids is 1. The molecular formula is C13H21N3OS. The number of nitrogens with zero attached hydrogens (tertiary/aromatic N) is 1. The first-order valence-electron chi connectivity index (χ1n) is 6.09. The highest BCUT2D eigenvalue weighted by Gasteiger charge is 2.11. The molecule has 1 atom stereocenters. The average Bonchev–Trinajstić information content (AvgIpc) is 2.28. The van der Waals surface area contributed by atoms with Crippen LogP contribution in [0.3, 0.4) is 0 Å². The largest absolute Gasteiger partial charge is 0.370 e. The van der Waals surface area contributed by atoms with E-state index in [0.29, 0.717) is 5.56 Å². The van der Waals surface area contributed by atoms with Gasteiger partial charge in [0.1, 0.15) is 5.82 Å². The predicted octanol–water partition coefficient (Wildman–Crippen LogP) is 2.30. The summed E-state index contributed by atoms with van der Waals surface area (Å²) in [5, 5.41) is 6.11. The van der Waals surface area contributed by atoms with Gasteiger partial charge in [0, 0.05) is 29.6 Å². The summed E-state index contributed by atoms with van der Waals surface area (Å²) >= 11 is 1.72. The normalized spacial score (nSPS) is 12.0. The van der Waals surface area contributed by atoms with Gasteiger partial charge in [-0.1, -0.05) is 0 Å². The molecule has 0 radical (unpaired) electrons. The van der Waals surface area contributed by atoms with Gasteiger partial charge >= 0.3 is 0 Å². The molecule has 0 saturated heterocycles. The van der Waals surface area contributed by atoms with Gasteiger partial charge in [0.05, 0.1) is 0 Å². The molecular weight excluding hydrogens is 246 g/mol. The van der Waals surface area contributed by atoms with E-state index in [0.717, 1.165) is 23.8 Å². The minimum absolute atomic E-state index is 0.0406. The molecule has 1 heterocycles. The Bertz CT molecular complexity index is 409. The number of hydrogen-bond donors (Lipinski definition) is 2. The Kier molecular flexibility index (Phi) is 5.98. The number of rotatable bonds is 6. The summed E-state index contributed by atoms with van der Waals surface area (Å²) in [5.74, 6) is 1.62. The third kappa shape index (κ3) is 4.56. The maximum Gasteiger partial charge on any atom is 0.251 e. The molecule has 0 bridgehead atoms. The molecule has 1 unspecified atom stereocenters. The van der Waals surface area contributed by atoms with Crippen molar-refractivity contribution in [2.24, 2.45) is 0 Å². The molecule has 4 nitrogen and oxygen atoms in total. The lowest BCUT2D eigenvalue weighted by Gasteiger charge is -2.13. The minimum atomic E-state index is -0.0406. The highest BCUT2D eigenvalue weighted by molar-refractivity contribution is 7.98. The Balaban J connectivity index is 2.78. The Morgan fingerprint density at radius 1 is 1.50 bits per heavy atom. The van der Waals surface area contributed by atoms with Crippen molar-refractivity contribution in [1.29, 1.82) is 0 Å². The molecule has 18 heavy (non-hydrogen) atoms. The van der Waals surface area contributed by atoms with Gasteiger partial charge < -0.3 is 10.6 Å². The summed E-state index contributed by atoms with van der Waals surface area (Å²) in [7, 11) is 0. The van der Waals surface area contributed by atoms with Gasteiger partial charge in [-0.2, -0.15) is 11.8 Å². The highest BCUT2D eigenvalue weighted by atomic mass is 32.2. The van der Waals surface area contributed by atoms with Crippen LogP contribution in [-0.2, 0) is 0 Å². The molecule has 0 spiro atoms. The quantitative estimate of drug-likeness (QED) is 0.830. The standard InChI is InChI=1S/C13H21N3OS/c1-5-14-12-7-11(6-9(2)15-12)13(17)16-10(3)8-18-4/h6-7,10H,5,8H2,1-4H3,(H,14,15)(H,16,17). The van der Waals surface area contributed by atoms with Gasteiger partial charge in [0.15, 0.2) is 0 Å². The zero-order chi connectivity index (χ0) is 13.5. The van der Waals surface area contributed by atoms with Crippen LogP contribution >= 0.6 is 11.8 Å². The summed E-state index contributed by atoms with van der Waals surface area (Å²) < 4.78 is 0. The Morgan fingerprint density at radius 3 is 2.83 bits per heavy atom. The second-order valence-electron chi connectivity index (χ2n) is 4.24. The molecule has 0 aliphatic heterocycles. The van der Waals surface area contributed by atoms with Crippen LogP contribution in [0.25, 0.3) is 0 Å². The van der Waals surface area contributed by atoms with E-state index < -0.39 is 0 Å². The van der Waals surface area contributed by atoms with Crippen molar-refractivity contribution < 1.29 is 4.79 Å². The van der Waals surface area contributed by atoms with E-state index >= 15 is 0 Å². The highest BCUT2D eigenvalue weighted by Crippen LogP contribution is 2.10. The molecule has 2 N–H and O–H groups in total. The number of amides is 1. The summed E-state index contributed by atoms with van der Waals surface area (Å²) in [4.78, 5) is 16.4. The molecule has 0 aromatic carbocycles. The molecule has 5 heteroatoms. The lowest BCUT2D eigenvalue weighted by Crippen LogP contribution is -2.34. The lowest BCUT2D eigenvalue weighted by molar-refractivity contribution is 0.0943. The predicted molar refractivity (Wildman–Crippen MR) is 78.4 cm³/mol. The number of nitrogens with one attached hydrogen (secondary N) is 2. The summed E-state index contributed by atoms with van der Waals surface area (Å²) in [6, 6.07) is 3.77. The van der Waals surface area contributed by atoms with E-state index in [2.05, 4.69) is 15.6 Å². The number of aromatic nitrogens is 1. The average molecular weight is 267 g/mol. The SMILES string of the molecule is CCNc1cc(C(=O)NC(C)CSC)cc(C)n1. The topological polar surface area (TPSA) is 54.0 Å². The summed E-state index contributed by atoms with van der Waals surface area (Å²) in [6.07, 6.45) is 2.03.